The zero-order chi connectivity index (χ0) is 18.0. The molecule has 130 valence electrons. The molecule has 3 rings (SSSR count). The number of anilines is 1. The van der Waals surface area contributed by atoms with Gasteiger partial charge in [-0.05, 0) is 30.9 Å². The van der Waals surface area contributed by atoms with Crippen LogP contribution in [0.15, 0.2) is 35.1 Å². The lowest BCUT2D eigenvalue weighted by Crippen LogP contribution is -2.18. The molecule has 2 heterocycles. The Morgan fingerprint density at radius 2 is 2.12 bits per heavy atom. The number of aromatic nitrogens is 3. The van der Waals surface area contributed by atoms with Crippen LogP contribution in [-0.2, 0) is 24.8 Å². The van der Waals surface area contributed by atoms with E-state index in [9.17, 15) is 9.59 Å². The van der Waals surface area contributed by atoms with Crippen molar-refractivity contribution < 1.29 is 4.79 Å². The SMILES string of the molecule is Cc1c(CN)c(NC(=O)CCc2cc3ccccc3[nH]c2=O)nn1C. The highest BCUT2D eigenvalue weighted by atomic mass is 16.1. The van der Waals surface area contributed by atoms with Gasteiger partial charge in [-0.2, -0.15) is 5.10 Å². The Kier molecular flexibility index (Phi) is 4.67. The number of para-hydroxylation sites is 1. The Bertz CT molecular complexity index is 987. The Balaban J connectivity index is 1.72. The maximum atomic E-state index is 12.2. The van der Waals surface area contributed by atoms with E-state index in [1.54, 1.807) is 11.7 Å². The summed E-state index contributed by atoms with van der Waals surface area (Å²) in [5, 5.41) is 8.01. The fourth-order valence-electron chi connectivity index (χ4n) is 2.82. The summed E-state index contributed by atoms with van der Waals surface area (Å²) in [6.07, 6.45) is 0.552. The minimum atomic E-state index is -0.194. The van der Waals surface area contributed by atoms with Crippen molar-refractivity contribution in [3.8, 4) is 0 Å². The number of hydrogen-bond donors (Lipinski definition) is 3. The summed E-state index contributed by atoms with van der Waals surface area (Å²) in [4.78, 5) is 27.2. The summed E-state index contributed by atoms with van der Waals surface area (Å²) in [5.41, 5.74) is 8.68. The van der Waals surface area contributed by atoms with Crippen molar-refractivity contribution >= 4 is 22.6 Å². The number of nitrogens with zero attached hydrogens (tertiary/aromatic N) is 2. The molecule has 4 N–H and O–H groups in total. The van der Waals surface area contributed by atoms with Crippen LogP contribution in [0.25, 0.3) is 10.9 Å². The number of benzene rings is 1. The van der Waals surface area contributed by atoms with Crippen molar-refractivity contribution in [2.24, 2.45) is 12.8 Å². The predicted molar refractivity (Wildman–Crippen MR) is 97.4 cm³/mol. The Labute approximate surface area is 144 Å². The van der Waals surface area contributed by atoms with Crippen molar-refractivity contribution in [1.82, 2.24) is 14.8 Å². The normalized spacial score (nSPS) is 11.0. The number of carbonyl (C=O) groups excluding carboxylic acids is 1. The van der Waals surface area contributed by atoms with Crippen LogP contribution in [0.4, 0.5) is 5.82 Å². The van der Waals surface area contributed by atoms with E-state index in [-0.39, 0.29) is 17.9 Å². The summed E-state index contributed by atoms with van der Waals surface area (Å²) in [7, 11) is 1.80. The van der Waals surface area contributed by atoms with Crippen LogP contribution < -0.4 is 16.6 Å². The van der Waals surface area contributed by atoms with E-state index in [2.05, 4.69) is 15.4 Å². The molecule has 0 aliphatic rings. The van der Waals surface area contributed by atoms with Gasteiger partial charge in [0.25, 0.3) is 5.56 Å². The lowest BCUT2D eigenvalue weighted by atomic mass is 10.1. The van der Waals surface area contributed by atoms with Gasteiger partial charge in [-0.15, -0.1) is 0 Å². The second kappa shape index (κ2) is 6.90. The Morgan fingerprint density at radius 1 is 1.36 bits per heavy atom. The molecule has 0 radical (unpaired) electrons. The van der Waals surface area contributed by atoms with Crippen LogP contribution >= 0.6 is 0 Å². The molecule has 0 saturated heterocycles. The maximum absolute atomic E-state index is 12.2. The molecule has 0 aliphatic carbocycles. The van der Waals surface area contributed by atoms with E-state index in [0.717, 1.165) is 22.2 Å². The predicted octanol–water partition coefficient (Wildman–Crippen LogP) is 1.60. The van der Waals surface area contributed by atoms with Crippen molar-refractivity contribution in [2.75, 3.05) is 5.32 Å². The number of nitrogens with one attached hydrogen (secondary N) is 2. The minimum Gasteiger partial charge on any atom is -0.326 e. The topological polar surface area (TPSA) is 106 Å². The summed E-state index contributed by atoms with van der Waals surface area (Å²) in [6, 6.07) is 9.39. The number of rotatable bonds is 5. The third kappa shape index (κ3) is 3.46. The molecule has 0 atom stereocenters. The quantitative estimate of drug-likeness (QED) is 0.656. The third-order valence-electron chi connectivity index (χ3n) is 4.37. The van der Waals surface area contributed by atoms with Crippen LogP contribution in [-0.4, -0.2) is 20.7 Å². The number of nitrogens with two attached hydrogens (primary N) is 1. The molecule has 1 aromatic carbocycles. The number of aromatic amines is 1. The van der Waals surface area contributed by atoms with Gasteiger partial charge in [-0.3, -0.25) is 14.3 Å². The van der Waals surface area contributed by atoms with Gasteiger partial charge >= 0.3 is 0 Å². The van der Waals surface area contributed by atoms with E-state index in [1.807, 2.05) is 37.3 Å². The van der Waals surface area contributed by atoms with Crippen LogP contribution in [0, 0.1) is 6.92 Å². The van der Waals surface area contributed by atoms with Gasteiger partial charge in [0.05, 0.1) is 0 Å². The summed E-state index contributed by atoms with van der Waals surface area (Å²) in [6.45, 7) is 2.21. The smallest absolute Gasteiger partial charge is 0.251 e. The van der Waals surface area contributed by atoms with Crippen molar-refractivity contribution in [3.05, 3.63) is 57.5 Å². The van der Waals surface area contributed by atoms with Gasteiger partial charge < -0.3 is 16.0 Å². The molecule has 0 fully saturated rings. The van der Waals surface area contributed by atoms with Gasteiger partial charge in [-0.1, -0.05) is 18.2 Å². The van der Waals surface area contributed by atoms with Crippen LogP contribution in [0.1, 0.15) is 23.2 Å². The summed E-state index contributed by atoms with van der Waals surface area (Å²) in [5.74, 6) is 0.292. The highest BCUT2D eigenvalue weighted by Crippen LogP contribution is 2.17. The number of H-pyrrole nitrogens is 1. The first-order valence-electron chi connectivity index (χ1n) is 8.13. The highest BCUT2D eigenvalue weighted by molar-refractivity contribution is 5.90. The summed E-state index contributed by atoms with van der Waals surface area (Å²) >= 11 is 0. The first-order chi connectivity index (χ1) is 12.0. The number of amides is 1. The zero-order valence-corrected chi connectivity index (χ0v) is 14.3. The molecular formula is C18H21N5O2. The second-order valence-electron chi connectivity index (χ2n) is 6.00. The molecule has 0 spiro atoms. The van der Waals surface area contributed by atoms with Crippen molar-refractivity contribution in [3.63, 3.8) is 0 Å². The van der Waals surface area contributed by atoms with E-state index in [1.165, 1.54) is 0 Å². The lowest BCUT2D eigenvalue weighted by Gasteiger charge is -2.05. The molecule has 0 bridgehead atoms. The average molecular weight is 339 g/mol. The first-order valence-corrected chi connectivity index (χ1v) is 8.13. The largest absolute Gasteiger partial charge is 0.326 e. The molecule has 2 aromatic heterocycles. The number of fused-ring (bicyclic) bond motifs is 1. The number of carbonyl (C=O) groups is 1. The zero-order valence-electron chi connectivity index (χ0n) is 14.3. The number of pyridine rings is 1. The molecule has 1 amide bonds. The maximum Gasteiger partial charge on any atom is 0.251 e. The number of aryl methyl sites for hydroxylation is 2. The van der Waals surface area contributed by atoms with Crippen molar-refractivity contribution in [1.29, 1.82) is 0 Å². The van der Waals surface area contributed by atoms with Crippen LogP contribution in [0.2, 0.25) is 0 Å². The van der Waals surface area contributed by atoms with Gasteiger partial charge in [0.2, 0.25) is 5.91 Å². The molecule has 25 heavy (non-hydrogen) atoms. The number of hydrogen-bond acceptors (Lipinski definition) is 4. The van der Waals surface area contributed by atoms with Gasteiger partial charge in [0.1, 0.15) is 0 Å². The summed E-state index contributed by atoms with van der Waals surface area (Å²) < 4.78 is 1.69. The standard InChI is InChI=1S/C18H21N5O2/c1-11-14(10-19)17(22-23(11)2)21-16(24)8-7-13-9-12-5-3-4-6-15(12)20-18(13)25/h3-6,9H,7-8,10,19H2,1-2H3,(H,20,25)(H,21,22,24). The molecular weight excluding hydrogens is 318 g/mol. The highest BCUT2D eigenvalue weighted by Gasteiger charge is 2.14. The molecule has 3 aromatic rings. The van der Waals surface area contributed by atoms with Crippen molar-refractivity contribution in [2.45, 2.75) is 26.3 Å². The Morgan fingerprint density at radius 3 is 2.88 bits per heavy atom. The van der Waals surface area contributed by atoms with Crippen LogP contribution in [0.5, 0.6) is 0 Å². The van der Waals surface area contributed by atoms with Gasteiger partial charge in [0, 0.05) is 42.4 Å². The second-order valence-corrected chi connectivity index (χ2v) is 6.00. The van der Waals surface area contributed by atoms with E-state index >= 15 is 0 Å². The van der Waals surface area contributed by atoms with Crippen LogP contribution in [0.3, 0.4) is 0 Å². The average Bonchev–Trinajstić information content (AvgIpc) is 2.86. The van der Waals surface area contributed by atoms with E-state index in [0.29, 0.717) is 24.3 Å². The first kappa shape index (κ1) is 16.9. The molecule has 0 aliphatic heterocycles. The monoisotopic (exact) mass is 339 g/mol. The van der Waals surface area contributed by atoms with E-state index < -0.39 is 0 Å². The van der Waals surface area contributed by atoms with Gasteiger partial charge in [-0.25, -0.2) is 0 Å². The molecule has 7 heteroatoms. The fourth-order valence-corrected chi connectivity index (χ4v) is 2.82. The Hall–Kier alpha value is -2.93. The fraction of sp³-hybridized carbons (Fsp3) is 0.278. The lowest BCUT2D eigenvalue weighted by molar-refractivity contribution is -0.116. The molecule has 7 nitrogen and oxygen atoms in total. The molecule has 0 unspecified atom stereocenters. The minimum absolute atomic E-state index is 0.164. The van der Waals surface area contributed by atoms with Gasteiger partial charge in [0.15, 0.2) is 5.82 Å². The van der Waals surface area contributed by atoms with E-state index in [4.69, 9.17) is 5.73 Å². The third-order valence-corrected chi connectivity index (χ3v) is 4.37. The molecule has 0 saturated carbocycles.